The van der Waals surface area contributed by atoms with Crippen LogP contribution in [0, 0.1) is 19.3 Å². The number of aliphatic hydroxyl groups excluding tert-OH is 1. The number of rotatable bonds is 4. The minimum atomic E-state index is -0.0430. The van der Waals surface area contributed by atoms with Crippen molar-refractivity contribution in [3.63, 3.8) is 0 Å². The van der Waals surface area contributed by atoms with Gasteiger partial charge in [0.1, 0.15) is 5.75 Å². The first-order valence-corrected chi connectivity index (χ1v) is 9.24. The number of hydrogen-bond acceptors (Lipinski definition) is 4. The molecule has 2 fully saturated rings. The third-order valence-corrected chi connectivity index (χ3v) is 6.21. The molecule has 3 rings (SSSR count). The fraction of sp³-hybridized carbons (Fsp3) is 0.650. The van der Waals surface area contributed by atoms with Crippen molar-refractivity contribution in [3.05, 3.63) is 29.3 Å². The van der Waals surface area contributed by atoms with Crippen molar-refractivity contribution < 1.29 is 14.6 Å². The molecule has 0 saturated carbocycles. The molecule has 5 heteroatoms. The van der Waals surface area contributed by atoms with E-state index in [-0.39, 0.29) is 30.6 Å². The maximum Gasteiger partial charge on any atom is 0.260 e. The lowest BCUT2D eigenvalue weighted by Crippen LogP contribution is -2.62. The largest absolute Gasteiger partial charge is 0.484 e. The minimum absolute atomic E-state index is 0.0312. The van der Waals surface area contributed by atoms with Gasteiger partial charge in [-0.15, -0.1) is 0 Å². The van der Waals surface area contributed by atoms with Crippen LogP contribution >= 0.6 is 0 Å². The zero-order valence-electron chi connectivity index (χ0n) is 15.6. The Morgan fingerprint density at radius 1 is 1.28 bits per heavy atom. The predicted octanol–water partition coefficient (Wildman–Crippen LogP) is 1.99. The first-order valence-electron chi connectivity index (χ1n) is 9.24. The molecular weight excluding hydrogens is 316 g/mol. The summed E-state index contributed by atoms with van der Waals surface area (Å²) in [5.74, 6) is 0.775. The van der Waals surface area contributed by atoms with Crippen molar-refractivity contribution in [2.24, 2.45) is 5.41 Å². The van der Waals surface area contributed by atoms with Gasteiger partial charge in [0.2, 0.25) is 0 Å². The molecule has 0 aliphatic carbocycles. The number of ether oxygens (including phenoxy) is 1. The monoisotopic (exact) mass is 346 g/mol. The van der Waals surface area contributed by atoms with Crippen LogP contribution in [0.15, 0.2) is 18.2 Å². The number of fused-ring (bicyclic) bond motifs is 1. The third kappa shape index (κ3) is 3.67. The maximum atomic E-state index is 12.6. The Bertz CT molecular complexity index is 633. The van der Waals surface area contributed by atoms with Crippen LogP contribution in [0.25, 0.3) is 0 Å². The summed E-state index contributed by atoms with van der Waals surface area (Å²) in [4.78, 5) is 16.8. The van der Waals surface area contributed by atoms with E-state index >= 15 is 0 Å². The molecule has 2 heterocycles. The summed E-state index contributed by atoms with van der Waals surface area (Å²) in [7, 11) is 2.10. The minimum Gasteiger partial charge on any atom is -0.484 e. The van der Waals surface area contributed by atoms with E-state index in [1.807, 2.05) is 30.0 Å². The standard InChI is InChI=1S/C20H30N2O3/c1-15-5-6-17(11-16(15)2)25-13-19(24)22-10-8-20(14-23)7-4-9-21(3)18(20)12-22/h5-6,11,18,23H,4,7-10,12-14H2,1-3H3/t18-,20-/m1/s1. The van der Waals surface area contributed by atoms with E-state index < -0.39 is 0 Å². The molecule has 1 aromatic rings. The Kier molecular flexibility index (Phi) is 5.35. The number of benzene rings is 1. The fourth-order valence-electron chi connectivity index (χ4n) is 4.28. The molecule has 0 aromatic heterocycles. The van der Waals surface area contributed by atoms with Crippen molar-refractivity contribution in [1.82, 2.24) is 9.80 Å². The molecule has 1 aromatic carbocycles. The molecule has 2 atom stereocenters. The summed E-state index contributed by atoms with van der Waals surface area (Å²) in [6, 6.07) is 6.15. The van der Waals surface area contributed by atoms with E-state index in [2.05, 4.69) is 18.9 Å². The number of likely N-dealkylation sites (N-methyl/N-ethyl adjacent to an activating group) is 1. The highest BCUT2D eigenvalue weighted by molar-refractivity contribution is 5.78. The number of nitrogens with zero attached hydrogens (tertiary/aromatic N) is 2. The van der Waals surface area contributed by atoms with Gasteiger partial charge in [-0.1, -0.05) is 6.07 Å². The Balaban J connectivity index is 1.60. The van der Waals surface area contributed by atoms with Crippen LogP contribution in [0.1, 0.15) is 30.4 Å². The van der Waals surface area contributed by atoms with Crippen LogP contribution in [-0.4, -0.2) is 66.8 Å². The molecule has 25 heavy (non-hydrogen) atoms. The van der Waals surface area contributed by atoms with Gasteiger partial charge in [-0.25, -0.2) is 0 Å². The number of piperidine rings is 2. The van der Waals surface area contributed by atoms with Crippen LogP contribution in [0.4, 0.5) is 0 Å². The Labute approximate surface area is 150 Å². The molecule has 0 bridgehead atoms. The van der Waals surface area contributed by atoms with Crippen LogP contribution in [0.2, 0.25) is 0 Å². The number of aryl methyl sites for hydroxylation is 2. The smallest absolute Gasteiger partial charge is 0.260 e. The first-order chi connectivity index (χ1) is 11.9. The SMILES string of the molecule is Cc1ccc(OCC(=O)N2CC[C@@]3(CO)CCCN(C)[C@@H]3C2)cc1C. The van der Waals surface area contributed by atoms with E-state index in [1.54, 1.807) is 0 Å². The van der Waals surface area contributed by atoms with Crippen molar-refractivity contribution in [2.75, 3.05) is 39.9 Å². The second kappa shape index (κ2) is 7.34. The zero-order valence-corrected chi connectivity index (χ0v) is 15.6. The summed E-state index contributed by atoms with van der Waals surface area (Å²) in [6.07, 6.45) is 3.05. The molecule has 2 aliphatic rings. The van der Waals surface area contributed by atoms with Gasteiger partial charge in [-0.05, 0) is 70.0 Å². The molecule has 1 N–H and O–H groups in total. The van der Waals surface area contributed by atoms with Crippen LogP contribution in [0.3, 0.4) is 0 Å². The van der Waals surface area contributed by atoms with E-state index in [4.69, 9.17) is 4.74 Å². The molecule has 0 radical (unpaired) electrons. The second-order valence-electron chi connectivity index (χ2n) is 7.74. The van der Waals surface area contributed by atoms with E-state index in [0.29, 0.717) is 13.1 Å². The van der Waals surface area contributed by atoms with Crippen molar-refractivity contribution in [1.29, 1.82) is 0 Å². The summed E-state index contributed by atoms with van der Waals surface area (Å²) in [5.41, 5.74) is 2.34. The van der Waals surface area contributed by atoms with Gasteiger partial charge in [0, 0.05) is 24.5 Å². The number of carbonyl (C=O) groups excluding carboxylic acids is 1. The number of hydrogen-bond donors (Lipinski definition) is 1. The average molecular weight is 346 g/mol. The molecular formula is C20H30N2O3. The Hall–Kier alpha value is -1.59. The van der Waals surface area contributed by atoms with Crippen molar-refractivity contribution in [3.8, 4) is 5.75 Å². The molecule has 138 valence electrons. The molecule has 5 nitrogen and oxygen atoms in total. The summed E-state index contributed by atoms with van der Waals surface area (Å²) < 4.78 is 5.72. The molecule has 2 saturated heterocycles. The van der Waals surface area contributed by atoms with Gasteiger partial charge in [-0.3, -0.25) is 4.79 Å². The van der Waals surface area contributed by atoms with Crippen LogP contribution < -0.4 is 4.74 Å². The fourth-order valence-corrected chi connectivity index (χ4v) is 4.28. The zero-order chi connectivity index (χ0) is 18.0. The van der Waals surface area contributed by atoms with Crippen molar-refractivity contribution >= 4 is 5.91 Å². The molecule has 0 unspecified atom stereocenters. The van der Waals surface area contributed by atoms with Crippen LogP contribution in [0.5, 0.6) is 5.75 Å². The Morgan fingerprint density at radius 2 is 2.08 bits per heavy atom. The van der Waals surface area contributed by atoms with Crippen LogP contribution in [-0.2, 0) is 4.79 Å². The normalized spacial score (nSPS) is 27.0. The number of amides is 1. The van der Waals surface area contributed by atoms with Gasteiger partial charge in [0.05, 0.1) is 6.61 Å². The van der Waals surface area contributed by atoms with E-state index in [0.717, 1.165) is 31.6 Å². The summed E-state index contributed by atoms with van der Waals surface area (Å²) in [6.45, 7) is 6.82. The summed E-state index contributed by atoms with van der Waals surface area (Å²) in [5, 5.41) is 9.97. The van der Waals surface area contributed by atoms with Gasteiger partial charge in [-0.2, -0.15) is 0 Å². The lowest BCUT2D eigenvalue weighted by molar-refractivity contribution is -0.141. The molecule has 0 spiro atoms. The number of aliphatic hydroxyl groups is 1. The molecule has 1 amide bonds. The third-order valence-electron chi connectivity index (χ3n) is 6.21. The second-order valence-corrected chi connectivity index (χ2v) is 7.74. The van der Waals surface area contributed by atoms with Gasteiger partial charge in [0.15, 0.2) is 6.61 Å². The quantitative estimate of drug-likeness (QED) is 0.906. The molecule has 2 aliphatic heterocycles. The first kappa shape index (κ1) is 18.2. The number of likely N-dealkylation sites (tertiary alicyclic amines) is 2. The van der Waals surface area contributed by atoms with Crippen molar-refractivity contribution in [2.45, 2.75) is 39.2 Å². The topological polar surface area (TPSA) is 53.0 Å². The van der Waals surface area contributed by atoms with Gasteiger partial charge < -0.3 is 19.6 Å². The van der Waals surface area contributed by atoms with E-state index in [1.165, 1.54) is 11.1 Å². The van der Waals surface area contributed by atoms with E-state index in [9.17, 15) is 9.90 Å². The highest BCUT2D eigenvalue weighted by atomic mass is 16.5. The highest BCUT2D eigenvalue weighted by Crippen LogP contribution is 2.41. The Morgan fingerprint density at radius 3 is 2.80 bits per heavy atom. The lowest BCUT2D eigenvalue weighted by atomic mass is 9.69. The predicted molar refractivity (Wildman–Crippen MR) is 97.8 cm³/mol. The number of carbonyl (C=O) groups is 1. The lowest BCUT2D eigenvalue weighted by Gasteiger charge is -2.53. The van der Waals surface area contributed by atoms with Gasteiger partial charge in [0.25, 0.3) is 5.91 Å². The maximum absolute atomic E-state index is 12.6. The highest BCUT2D eigenvalue weighted by Gasteiger charge is 2.47. The summed E-state index contributed by atoms with van der Waals surface area (Å²) >= 11 is 0. The van der Waals surface area contributed by atoms with Gasteiger partial charge >= 0.3 is 0 Å². The average Bonchev–Trinajstić information content (AvgIpc) is 2.62.